The van der Waals surface area contributed by atoms with Gasteiger partial charge in [-0.15, -0.1) is 0 Å². The van der Waals surface area contributed by atoms with Gasteiger partial charge in [0.2, 0.25) is 0 Å². The second kappa shape index (κ2) is 6.72. The van der Waals surface area contributed by atoms with Crippen LogP contribution >= 0.6 is 15.9 Å². The number of hydrogen-bond acceptors (Lipinski definition) is 3. The fourth-order valence-electron chi connectivity index (χ4n) is 1.99. The molecule has 0 fully saturated rings. The number of esters is 1. The lowest BCUT2D eigenvalue weighted by atomic mass is 9.87. The van der Waals surface area contributed by atoms with Crippen LogP contribution < -0.4 is 0 Å². The van der Waals surface area contributed by atoms with Crippen molar-refractivity contribution in [2.45, 2.75) is 40.3 Å². The second-order valence-corrected chi connectivity index (χ2v) is 7.11. The van der Waals surface area contributed by atoms with E-state index < -0.39 is 0 Å². The summed E-state index contributed by atoms with van der Waals surface area (Å²) in [5, 5.41) is 0. The third-order valence-electron chi connectivity index (χ3n) is 3.81. The Kier molecular flexibility index (Phi) is 5.78. The highest BCUT2D eigenvalue weighted by Crippen LogP contribution is 2.26. The van der Waals surface area contributed by atoms with Gasteiger partial charge in [-0.05, 0) is 37.1 Å². The van der Waals surface area contributed by atoms with Crippen LogP contribution in [0.25, 0.3) is 0 Å². The van der Waals surface area contributed by atoms with Gasteiger partial charge in [0.15, 0.2) is 0 Å². The Morgan fingerprint density at radius 1 is 1.40 bits per heavy atom. The lowest BCUT2D eigenvalue weighted by Gasteiger charge is -2.35. The molecule has 0 aliphatic carbocycles. The van der Waals surface area contributed by atoms with Gasteiger partial charge >= 0.3 is 5.97 Å². The summed E-state index contributed by atoms with van der Waals surface area (Å²) in [7, 11) is 3.51. The molecule has 0 amide bonds. The highest BCUT2D eigenvalue weighted by Gasteiger charge is 2.24. The second-order valence-electron chi connectivity index (χ2n) is 6.25. The molecule has 1 rings (SSSR count). The monoisotopic (exact) mass is 341 g/mol. The van der Waals surface area contributed by atoms with Crippen molar-refractivity contribution in [1.82, 2.24) is 4.90 Å². The quantitative estimate of drug-likeness (QED) is 0.772. The predicted octanol–water partition coefficient (Wildman–Crippen LogP) is 4.10. The van der Waals surface area contributed by atoms with Crippen LogP contribution in [0.2, 0.25) is 0 Å². The maximum atomic E-state index is 11.5. The molecule has 0 saturated heterocycles. The summed E-state index contributed by atoms with van der Waals surface area (Å²) in [6.07, 6.45) is 0. The van der Waals surface area contributed by atoms with Crippen LogP contribution in [0.4, 0.5) is 0 Å². The highest BCUT2D eigenvalue weighted by molar-refractivity contribution is 9.10. The molecule has 0 aliphatic heterocycles. The van der Waals surface area contributed by atoms with E-state index in [1.807, 2.05) is 18.2 Å². The fraction of sp³-hybridized carbons (Fsp3) is 0.562. The van der Waals surface area contributed by atoms with Gasteiger partial charge in [-0.3, -0.25) is 4.90 Å². The normalized spacial score (nSPS) is 13.4. The highest BCUT2D eigenvalue weighted by atomic mass is 79.9. The molecule has 112 valence electrons. The van der Waals surface area contributed by atoms with E-state index >= 15 is 0 Å². The minimum atomic E-state index is -0.311. The minimum absolute atomic E-state index is 0.229. The van der Waals surface area contributed by atoms with Gasteiger partial charge in [0.1, 0.15) is 0 Å². The number of rotatable bonds is 4. The van der Waals surface area contributed by atoms with Crippen LogP contribution in [0, 0.1) is 5.41 Å². The number of halogens is 1. The van der Waals surface area contributed by atoms with Crippen molar-refractivity contribution in [3.05, 3.63) is 33.8 Å². The molecule has 4 heteroatoms. The molecule has 0 N–H and O–H groups in total. The van der Waals surface area contributed by atoms with Gasteiger partial charge in [-0.2, -0.15) is 0 Å². The van der Waals surface area contributed by atoms with E-state index in [0.717, 1.165) is 16.6 Å². The maximum Gasteiger partial charge on any atom is 0.337 e. The molecule has 0 aliphatic rings. The Bertz CT molecular complexity index is 480. The van der Waals surface area contributed by atoms with Gasteiger partial charge in [-0.1, -0.05) is 42.8 Å². The molecular weight excluding hydrogens is 318 g/mol. The Balaban J connectivity index is 2.86. The lowest BCUT2D eigenvalue weighted by molar-refractivity contribution is 0.0600. The van der Waals surface area contributed by atoms with Crippen molar-refractivity contribution < 1.29 is 9.53 Å². The van der Waals surface area contributed by atoms with Crippen LogP contribution in [-0.2, 0) is 11.3 Å². The predicted molar refractivity (Wildman–Crippen MR) is 85.9 cm³/mol. The number of ether oxygens (including phenoxy) is 1. The number of hydrogen-bond donors (Lipinski definition) is 0. The summed E-state index contributed by atoms with van der Waals surface area (Å²) in [5.41, 5.74) is 1.96. The summed E-state index contributed by atoms with van der Waals surface area (Å²) in [6.45, 7) is 9.79. The van der Waals surface area contributed by atoms with E-state index in [0.29, 0.717) is 11.6 Å². The molecule has 3 nitrogen and oxygen atoms in total. The molecule has 1 aromatic rings. The maximum absolute atomic E-state index is 11.5. The van der Waals surface area contributed by atoms with E-state index in [9.17, 15) is 4.79 Å². The van der Waals surface area contributed by atoms with Crippen molar-refractivity contribution in [1.29, 1.82) is 0 Å². The third-order valence-corrected chi connectivity index (χ3v) is 4.55. The van der Waals surface area contributed by atoms with E-state index in [1.165, 1.54) is 7.11 Å². The zero-order chi connectivity index (χ0) is 15.5. The average molecular weight is 342 g/mol. The summed E-state index contributed by atoms with van der Waals surface area (Å²) in [6, 6.07) is 6.05. The molecule has 0 saturated carbocycles. The first-order valence-corrected chi connectivity index (χ1v) is 7.53. The van der Waals surface area contributed by atoms with Gasteiger partial charge < -0.3 is 4.74 Å². The number of carbonyl (C=O) groups is 1. The Morgan fingerprint density at radius 2 is 2.00 bits per heavy atom. The first-order valence-electron chi connectivity index (χ1n) is 6.73. The minimum Gasteiger partial charge on any atom is -0.465 e. The molecule has 0 spiro atoms. The number of carbonyl (C=O) groups excluding carboxylic acids is 1. The van der Waals surface area contributed by atoms with Crippen LogP contribution in [0.1, 0.15) is 43.6 Å². The summed E-state index contributed by atoms with van der Waals surface area (Å²) in [5.74, 6) is -0.311. The molecule has 0 bridgehead atoms. The number of nitrogens with zero attached hydrogens (tertiary/aromatic N) is 1. The Labute approximate surface area is 130 Å². The van der Waals surface area contributed by atoms with Crippen molar-refractivity contribution in [2.24, 2.45) is 5.41 Å². The van der Waals surface area contributed by atoms with Crippen LogP contribution in [0.3, 0.4) is 0 Å². The largest absolute Gasteiger partial charge is 0.465 e. The SMILES string of the molecule is COC(=O)c1ccc(CN(C)C(C)C(C)(C)C)c(Br)c1. The molecule has 0 aromatic heterocycles. The van der Waals surface area contributed by atoms with E-state index in [-0.39, 0.29) is 11.4 Å². The van der Waals surface area contributed by atoms with E-state index in [4.69, 9.17) is 4.74 Å². The topological polar surface area (TPSA) is 29.5 Å². The Hall–Kier alpha value is -0.870. The molecule has 0 heterocycles. The van der Waals surface area contributed by atoms with Crippen molar-refractivity contribution in [2.75, 3.05) is 14.2 Å². The summed E-state index contributed by atoms with van der Waals surface area (Å²) >= 11 is 3.54. The first kappa shape index (κ1) is 17.2. The molecule has 0 radical (unpaired) electrons. The van der Waals surface area contributed by atoms with Gasteiger partial charge in [0.25, 0.3) is 0 Å². The average Bonchev–Trinajstić information content (AvgIpc) is 2.38. The number of benzene rings is 1. The molecule has 20 heavy (non-hydrogen) atoms. The standard InChI is InChI=1S/C16H24BrNO2/c1-11(16(2,3)4)18(5)10-13-8-7-12(9-14(13)17)15(19)20-6/h7-9,11H,10H2,1-6H3. The lowest BCUT2D eigenvalue weighted by Crippen LogP contribution is -2.38. The van der Waals surface area contributed by atoms with Crippen molar-refractivity contribution in [3.63, 3.8) is 0 Å². The Morgan fingerprint density at radius 3 is 2.45 bits per heavy atom. The van der Waals surface area contributed by atoms with Gasteiger partial charge in [0, 0.05) is 17.1 Å². The van der Waals surface area contributed by atoms with E-state index in [2.05, 4.69) is 55.6 Å². The summed E-state index contributed by atoms with van der Waals surface area (Å²) < 4.78 is 5.66. The van der Waals surface area contributed by atoms with Crippen molar-refractivity contribution >= 4 is 21.9 Å². The zero-order valence-corrected chi connectivity index (χ0v) is 14.7. The van der Waals surface area contributed by atoms with Gasteiger partial charge in [0.05, 0.1) is 12.7 Å². The molecular formula is C16H24BrNO2. The van der Waals surface area contributed by atoms with Crippen LogP contribution in [0.5, 0.6) is 0 Å². The zero-order valence-electron chi connectivity index (χ0n) is 13.2. The molecule has 1 unspecified atom stereocenters. The first-order chi connectivity index (χ1) is 9.16. The summed E-state index contributed by atoms with van der Waals surface area (Å²) in [4.78, 5) is 13.8. The fourth-order valence-corrected chi connectivity index (χ4v) is 2.49. The van der Waals surface area contributed by atoms with Crippen LogP contribution in [0.15, 0.2) is 22.7 Å². The third kappa shape index (κ3) is 4.32. The van der Waals surface area contributed by atoms with Crippen molar-refractivity contribution in [3.8, 4) is 0 Å². The number of methoxy groups -OCH3 is 1. The van der Waals surface area contributed by atoms with E-state index in [1.54, 1.807) is 0 Å². The van der Waals surface area contributed by atoms with Gasteiger partial charge in [-0.25, -0.2) is 4.79 Å². The smallest absolute Gasteiger partial charge is 0.337 e. The molecule has 1 aromatic carbocycles. The van der Waals surface area contributed by atoms with Crippen LogP contribution in [-0.4, -0.2) is 31.1 Å². The molecule has 1 atom stereocenters.